The fraction of sp³-hybridized carbons (Fsp3) is 0.625. The molecule has 1 saturated heterocycles. The molecular formula is C16H25N7O. The highest BCUT2D eigenvalue weighted by Crippen LogP contribution is 2.18. The number of hydrogen-bond donors (Lipinski definition) is 1. The number of aryl methyl sites for hydroxylation is 1. The number of piperidine rings is 1. The van der Waals surface area contributed by atoms with E-state index in [0.717, 1.165) is 44.7 Å². The van der Waals surface area contributed by atoms with E-state index < -0.39 is 0 Å². The molecule has 1 N–H and O–H groups in total. The van der Waals surface area contributed by atoms with E-state index in [0.29, 0.717) is 12.6 Å². The SMILES string of the molecule is CCCn1nccc1NC(=O)CN1CCCC[C@H]1Cn1cncn1. The molecule has 1 amide bonds. The quantitative estimate of drug-likeness (QED) is 0.829. The van der Waals surface area contributed by atoms with E-state index in [1.165, 1.54) is 6.42 Å². The van der Waals surface area contributed by atoms with Crippen LogP contribution in [-0.2, 0) is 17.9 Å². The van der Waals surface area contributed by atoms with Gasteiger partial charge in [-0.3, -0.25) is 14.4 Å². The van der Waals surface area contributed by atoms with E-state index in [2.05, 4.69) is 32.3 Å². The Hall–Kier alpha value is -2.22. The summed E-state index contributed by atoms with van der Waals surface area (Å²) in [6, 6.07) is 2.17. The van der Waals surface area contributed by atoms with Crippen LogP contribution in [0.25, 0.3) is 0 Å². The van der Waals surface area contributed by atoms with E-state index in [1.807, 2.05) is 15.4 Å². The maximum atomic E-state index is 12.5. The summed E-state index contributed by atoms with van der Waals surface area (Å²) in [5, 5.41) is 11.4. The van der Waals surface area contributed by atoms with E-state index in [4.69, 9.17) is 0 Å². The highest BCUT2D eigenvalue weighted by molar-refractivity contribution is 5.91. The van der Waals surface area contributed by atoms with Crippen LogP contribution in [0.15, 0.2) is 24.9 Å². The fourth-order valence-corrected chi connectivity index (χ4v) is 3.21. The third-order valence-electron chi connectivity index (χ3n) is 4.38. The third-order valence-corrected chi connectivity index (χ3v) is 4.38. The maximum Gasteiger partial charge on any atom is 0.239 e. The Balaban J connectivity index is 1.58. The van der Waals surface area contributed by atoms with Gasteiger partial charge in [-0.15, -0.1) is 0 Å². The first kappa shape index (κ1) is 16.6. The molecule has 0 aromatic carbocycles. The lowest BCUT2D eigenvalue weighted by Gasteiger charge is -2.34. The summed E-state index contributed by atoms with van der Waals surface area (Å²) < 4.78 is 3.68. The van der Waals surface area contributed by atoms with Gasteiger partial charge in [0.25, 0.3) is 0 Å². The smallest absolute Gasteiger partial charge is 0.239 e. The van der Waals surface area contributed by atoms with Crippen molar-refractivity contribution in [3.05, 3.63) is 24.9 Å². The zero-order valence-electron chi connectivity index (χ0n) is 14.1. The summed E-state index contributed by atoms with van der Waals surface area (Å²) in [4.78, 5) is 18.7. The summed E-state index contributed by atoms with van der Waals surface area (Å²) in [5.74, 6) is 0.782. The molecule has 0 radical (unpaired) electrons. The van der Waals surface area contributed by atoms with Crippen molar-refractivity contribution >= 4 is 11.7 Å². The monoisotopic (exact) mass is 331 g/mol. The third kappa shape index (κ3) is 4.19. The molecule has 24 heavy (non-hydrogen) atoms. The normalized spacial score (nSPS) is 18.6. The van der Waals surface area contributed by atoms with Gasteiger partial charge in [-0.25, -0.2) is 9.67 Å². The van der Waals surface area contributed by atoms with Crippen LogP contribution in [0.4, 0.5) is 5.82 Å². The molecule has 8 heteroatoms. The molecule has 3 heterocycles. The van der Waals surface area contributed by atoms with Gasteiger partial charge in [0.2, 0.25) is 5.91 Å². The summed E-state index contributed by atoms with van der Waals surface area (Å²) in [6.07, 6.45) is 9.40. The minimum atomic E-state index is 0.0124. The molecule has 0 bridgehead atoms. The Morgan fingerprint density at radius 1 is 1.38 bits per heavy atom. The maximum absolute atomic E-state index is 12.5. The molecule has 2 aromatic rings. The lowest BCUT2D eigenvalue weighted by Crippen LogP contribution is -2.46. The minimum absolute atomic E-state index is 0.0124. The zero-order valence-corrected chi connectivity index (χ0v) is 14.1. The molecule has 3 rings (SSSR count). The largest absolute Gasteiger partial charge is 0.310 e. The second kappa shape index (κ2) is 8.05. The van der Waals surface area contributed by atoms with Gasteiger partial charge in [0.05, 0.1) is 19.3 Å². The molecule has 0 saturated carbocycles. The van der Waals surface area contributed by atoms with Crippen molar-refractivity contribution < 1.29 is 4.79 Å². The number of aromatic nitrogens is 5. The van der Waals surface area contributed by atoms with Gasteiger partial charge >= 0.3 is 0 Å². The highest BCUT2D eigenvalue weighted by atomic mass is 16.2. The lowest BCUT2D eigenvalue weighted by molar-refractivity contribution is -0.118. The van der Waals surface area contributed by atoms with Crippen molar-refractivity contribution in [3.63, 3.8) is 0 Å². The first-order chi connectivity index (χ1) is 11.8. The summed E-state index contributed by atoms with van der Waals surface area (Å²) in [5.41, 5.74) is 0. The molecule has 1 fully saturated rings. The Labute approximate surface area is 141 Å². The molecule has 1 atom stereocenters. The van der Waals surface area contributed by atoms with Gasteiger partial charge in [0, 0.05) is 18.7 Å². The molecule has 0 unspecified atom stereocenters. The molecule has 0 aliphatic carbocycles. The predicted molar refractivity (Wildman–Crippen MR) is 90.4 cm³/mol. The Morgan fingerprint density at radius 2 is 2.29 bits per heavy atom. The molecule has 2 aromatic heterocycles. The first-order valence-electron chi connectivity index (χ1n) is 8.64. The van der Waals surface area contributed by atoms with Crippen LogP contribution in [0.3, 0.4) is 0 Å². The number of nitrogens with zero attached hydrogens (tertiary/aromatic N) is 6. The Morgan fingerprint density at radius 3 is 3.08 bits per heavy atom. The highest BCUT2D eigenvalue weighted by Gasteiger charge is 2.25. The van der Waals surface area contributed by atoms with Gasteiger partial charge in [-0.1, -0.05) is 13.3 Å². The topological polar surface area (TPSA) is 80.9 Å². The average Bonchev–Trinajstić information content (AvgIpc) is 3.22. The number of carbonyl (C=O) groups is 1. The van der Waals surface area contributed by atoms with Gasteiger partial charge in [-0.05, 0) is 25.8 Å². The summed E-state index contributed by atoms with van der Waals surface area (Å²) in [6.45, 7) is 5.02. The fourth-order valence-electron chi connectivity index (χ4n) is 3.21. The van der Waals surface area contributed by atoms with Crippen molar-refractivity contribution in [2.45, 2.75) is 51.7 Å². The molecule has 8 nitrogen and oxygen atoms in total. The molecule has 130 valence electrons. The van der Waals surface area contributed by atoms with Gasteiger partial charge in [-0.2, -0.15) is 10.2 Å². The van der Waals surface area contributed by atoms with Crippen LogP contribution in [0.2, 0.25) is 0 Å². The van der Waals surface area contributed by atoms with E-state index >= 15 is 0 Å². The second-order valence-corrected chi connectivity index (χ2v) is 6.23. The molecule has 1 aliphatic rings. The van der Waals surface area contributed by atoms with Crippen LogP contribution in [0.1, 0.15) is 32.6 Å². The Kier molecular flexibility index (Phi) is 5.58. The van der Waals surface area contributed by atoms with Crippen molar-refractivity contribution in [2.24, 2.45) is 0 Å². The Bertz CT molecular complexity index is 637. The summed E-state index contributed by atoms with van der Waals surface area (Å²) >= 11 is 0. The van der Waals surface area contributed by atoms with Crippen LogP contribution < -0.4 is 5.32 Å². The molecule has 0 spiro atoms. The van der Waals surface area contributed by atoms with Crippen LogP contribution in [0, 0.1) is 0 Å². The van der Waals surface area contributed by atoms with Crippen molar-refractivity contribution in [2.75, 3.05) is 18.4 Å². The number of likely N-dealkylation sites (tertiary alicyclic amines) is 1. The van der Waals surface area contributed by atoms with Crippen LogP contribution >= 0.6 is 0 Å². The van der Waals surface area contributed by atoms with Gasteiger partial charge in [0.15, 0.2) is 0 Å². The number of carbonyl (C=O) groups excluding carboxylic acids is 1. The van der Waals surface area contributed by atoms with Crippen LogP contribution in [-0.4, -0.2) is 54.5 Å². The second-order valence-electron chi connectivity index (χ2n) is 6.23. The first-order valence-corrected chi connectivity index (χ1v) is 8.64. The predicted octanol–water partition coefficient (Wildman–Crippen LogP) is 1.38. The zero-order chi connectivity index (χ0) is 16.8. The molecular weight excluding hydrogens is 306 g/mol. The number of nitrogens with one attached hydrogen (secondary N) is 1. The standard InChI is InChI=1S/C16H25N7O/c1-2-8-23-15(6-7-18-23)20-16(24)11-21-9-4-3-5-14(21)10-22-13-17-12-19-22/h6-7,12-14H,2-5,8-11H2,1H3,(H,20,24)/t14-/m0/s1. The number of rotatable bonds is 7. The number of amides is 1. The van der Waals surface area contributed by atoms with E-state index in [-0.39, 0.29) is 5.91 Å². The average molecular weight is 331 g/mol. The summed E-state index contributed by atoms with van der Waals surface area (Å²) in [7, 11) is 0. The minimum Gasteiger partial charge on any atom is -0.310 e. The van der Waals surface area contributed by atoms with E-state index in [1.54, 1.807) is 18.9 Å². The lowest BCUT2D eigenvalue weighted by atomic mass is 10.0. The van der Waals surface area contributed by atoms with Crippen LogP contribution in [0.5, 0.6) is 0 Å². The number of anilines is 1. The van der Waals surface area contributed by atoms with E-state index in [9.17, 15) is 4.79 Å². The van der Waals surface area contributed by atoms with Crippen molar-refractivity contribution in [1.82, 2.24) is 29.4 Å². The molecule has 1 aliphatic heterocycles. The van der Waals surface area contributed by atoms with Crippen molar-refractivity contribution in [1.29, 1.82) is 0 Å². The van der Waals surface area contributed by atoms with Crippen molar-refractivity contribution in [3.8, 4) is 0 Å². The number of hydrogen-bond acceptors (Lipinski definition) is 5. The van der Waals surface area contributed by atoms with Gasteiger partial charge < -0.3 is 5.32 Å². The van der Waals surface area contributed by atoms with Gasteiger partial charge in [0.1, 0.15) is 18.5 Å².